The van der Waals surface area contributed by atoms with Gasteiger partial charge in [-0.2, -0.15) is 0 Å². The van der Waals surface area contributed by atoms with Crippen LogP contribution in [0.2, 0.25) is 0 Å². The van der Waals surface area contributed by atoms with Gasteiger partial charge in [-0.3, -0.25) is 0 Å². The van der Waals surface area contributed by atoms with Crippen LogP contribution in [-0.4, -0.2) is 27.4 Å². The minimum Gasteiger partial charge on any atom is -0.491 e. The molecule has 1 heterocycles. The molecule has 4 heteroatoms. The predicted octanol–water partition coefficient (Wildman–Crippen LogP) is 2.25. The van der Waals surface area contributed by atoms with Gasteiger partial charge in [0, 0.05) is 5.69 Å². The van der Waals surface area contributed by atoms with Crippen LogP contribution in [0.1, 0.15) is 17.0 Å². The highest BCUT2D eigenvalue weighted by molar-refractivity contribution is 5.26. The Morgan fingerprint density at radius 1 is 1.21 bits per heavy atom. The molecular weight excluding hydrogens is 240 g/mol. The van der Waals surface area contributed by atoms with Crippen LogP contribution in [0.5, 0.6) is 5.75 Å². The Morgan fingerprint density at radius 3 is 2.47 bits per heavy atom. The maximum atomic E-state index is 9.98. The summed E-state index contributed by atoms with van der Waals surface area (Å²) in [6, 6.07) is 7.81. The van der Waals surface area contributed by atoms with Crippen LogP contribution in [0.25, 0.3) is 0 Å². The number of benzene rings is 1. The van der Waals surface area contributed by atoms with Crippen molar-refractivity contribution in [1.29, 1.82) is 0 Å². The number of hydrogen-bond donors (Lipinski definition) is 1. The van der Waals surface area contributed by atoms with E-state index in [9.17, 15) is 5.11 Å². The Bertz CT molecular complexity index is 532. The standard InChI is InChI=1S/C15H20N2O2/c1-11-4-6-15(7-5-11)19-9-14(18)8-17-10-16-12(2)13(17)3/h4-7,10,14,18H,8-9H2,1-3H3. The fourth-order valence-electron chi connectivity index (χ4n) is 1.83. The average molecular weight is 260 g/mol. The molecule has 0 saturated heterocycles. The molecule has 0 aliphatic rings. The van der Waals surface area contributed by atoms with Crippen molar-refractivity contribution in [2.75, 3.05) is 6.61 Å². The van der Waals surface area contributed by atoms with Gasteiger partial charge < -0.3 is 14.4 Å². The molecule has 0 fully saturated rings. The molecule has 1 aromatic carbocycles. The summed E-state index contributed by atoms with van der Waals surface area (Å²) in [4.78, 5) is 4.21. The highest BCUT2D eigenvalue weighted by atomic mass is 16.5. The maximum Gasteiger partial charge on any atom is 0.119 e. The molecule has 0 spiro atoms. The van der Waals surface area contributed by atoms with Crippen LogP contribution in [-0.2, 0) is 6.54 Å². The van der Waals surface area contributed by atoms with Crippen molar-refractivity contribution >= 4 is 0 Å². The molecule has 0 bridgehead atoms. The van der Waals surface area contributed by atoms with Crippen LogP contribution >= 0.6 is 0 Å². The number of ether oxygens (including phenoxy) is 1. The molecule has 0 radical (unpaired) electrons. The summed E-state index contributed by atoms with van der Waals surface area (Å²) in [5, 5.41) is 9.98. The molecule has 4 nitrogen and oxygen atoms in total. The Balaban J connectivity index is 1.86. The predicted molar refractivity (Wildman–Crippen MR) is 74.4 cm³/mol. The van der Waals surface area contributed by atoms with E-state index < -0.39 is 6.10 Å². The number of hydrogen-bond acceptors (Lipinski definition) is 3. The molecule has 102 valence electrons. The van der Waals surface area contributed by atoms with E-state index in [1.54, 1.807) is 6.33 Å². The van der Waals surface area contributed by atoms with E-state index in [2.05, 4.69) is 4.98 Å². The van der Waals surface area contributed by atoms with Gasteiger partial charge in [-0.05, 0) is 32.9 Å². The Labute approximate surface area is 113 Å². The molecule has 2 aromatic rings. The van der Waals surface area contributed by atoms with Gasteiger partial charge in [-0.25, -0.2) is 4.98 Å². The smallest absolute Gasteiger partial charge is 0.119 e. The lowest BCUT2D eigenvalue weighted by atomic mass is 10.2. The highest BCUT2D eigenvalue weighted by Crippen LogP contribution is 2.12. The number of aromatic nitrogens is 2. The molecule has 0 amide bonds. The van der Waals surface area contributed by atoms with Gasteiger partial charge >= 0.3 is 0 Å². The SMILES string of the molecule is Cc1ccc(OCC(O)Cn2cnc(C)c2C)cc1. The second kappa shape index (κ2) is 5.89. The zero-order valence-electron chi connectivity index (χ0n) is 11.6. The van der Waals surface area contributed by atoms with E-state index in [0.29, 0.717) is 6.54 Å². The molecule has 1 unspecified atom stereocenters. The summed E-state index contributed by atoms with van der Waals surface area (Å²) < 4.78 is 7.50. The van der Waals surface area contributed by atoms with E-state index in [0.717, 1.165) is 17.1 Å². The second-order valence-electron chi connectivity index (χ2n) is 4.85. The highest BCUT2D eigenvalue weighted by Gasteiger charge is 2.09. The van der Waals surface area contributed by atoms with Crippen molar-refractivity contribution in [3.05, 3.63) is 47.5 Å². The van der Waals surface area contributed by atoms with Gasteiger partial charge in [0.05, 0.1) is 18.6 Å². The van der Waals surface area contributed by atoms with Gasteiger partial charge in [0.25, 0.3) is 0 Å². The summed E-state index contributed by atoms with van der Waals surface area (Å²) in [7, 11) is 0. The molecule has 1 N–H and O–H groups in total. The second-order valence-corrected chi connectivity index (χ2v) is 4.85. The van der Waals surface area contributed by atoms with Gasteiger partial charge in [-0.15, -0.1) is 0 Å². The van der Waals surface area contributed by atoms with E-state index in [1.807, 2.05) is 49.6 Å². The van der Waals surface area contributed by atoms with E-state index in [-0.39, 0.29) is 6.61 Å². The Kier molecular flexibility index (Phi) is 4.22. The van der Waals surface area contributed by atoms with Gasteiger partial charge in [-0.1, -0.05) is 17.7 Å². The summed E-state index contributed by atoms with van der Waals surface area (Å²) in [5.41, 5.74) is 3.26. The lowest BCUT2D eigenvalue weighted by Gasteiger charge is -2.14. The van der Waals surface area contributed by atoms with Crippen molar-refractivity contribution in [2.45, 2.75) is 33.4 Å². The average Bonchev–Trinajstić information content (AvgIpc) is 2.70. The van der Waals surface area contributed by atoms with Crippen molar-refractivity contribution < 1.29 is 9.84 Å². The monoisotopic (exact) mass is 260 g/mol. The first-order valence-electron chi connectivity index (χ1n) is 6.42. The largest absolute Gasteiger partial charge is 0.491 e. The molecule has 0 aliphatic heterocycles. The summed E-state index contributed by atoms with van der Waals surface area (Å²) in [5.74, 6) is 0.781. The first kappa shape index (κ1) is 13.6. The summed E-state index contributed by atoms with van der Waals surface area (Å²) in [6.07, 6.45) is 1.20. The molecular formula is C15H20N2O2. The first-order valence-corrected chi connectivity index (χ1v) is 6.42. The molecule has 0 aliphatic carbocycles. The Morgan fingerprint density at radius 2 is 1.89 bits per heavy atom. The first-order chi connectivity index (χ1) is 9.06. The zero-order valence-corrected chi connectivity index (χ0v) is 11.6. The lowest BCUT2D eigenvalue weighted by molar-refractivity contribution is 0.0920. The van der Waals surface area contributed by atoms with Crippen LogP contribution in [0.4, 0.5) is 0 Å². The number of rotatable bonds is 5. The van der Waals surface area contributed by atoms with E-state index in [4.69, 9.17) is 4.74 Å². The van der Waals surface area contributed by atoms with Gasteiger partial charge in [0.1, 0.15) is 18.5 Å². The van der Waals surface area contributed by atoms with Crippen molar-refractivity contribution in [1.82, 2.24) is 9.55 Å². The van der Waals surface area contributed by atoms with Crippen LogP contribution in [0, 0.1) is 20.8 Å². The quantitative estimate of drug-likeness (QED) is 0.897. The minimum absolute atomic E-state index is 0.278. The van der Waals surface area contributed by atoms with Crippen molar-refractivity contribution in [3.8, 4) is 5.75 Å². The third kappa shape index (κ3) is 3.58. The van der Waals surface area contributed by atoms with Crippen LogP contribution < -0.4 is 4.74 Å². The zero-order chi connectivity index (χ0) is 13.8. The number of aliphatic hydroxyl groups is 1. The number of imidazole rings is 1. The minimum atomic E-state index is -0.548. The normalized spacial score (nSPS) is 12.4. The fourth-order valence-corrected chi connectivity index (χ4v) is 1.83. The number of aliphatic hydroxyl groups excluding tert-OH is 1. The molecule has 1 aromatic heterocycles. The Hall–Kier alpha value is -1.81. The molecule has 19 heavy (non-hydrogen) atoms. The topological polar surface area (TPSA) is 47.3 Å². The van der Waals surface area contributed by atoms with Gasteiger partial charge in [0.2, 0.25) is 0 Å². The van der Waals surface area contributed by atoms with Crippen LogP contribution in [0.3, 0.4) is 0 Å². The van der Waals surface area contributed by atoms with Crippen molar-refractivity contribution in [3.63, 3.8) is 0 Å². The molecule has 1 atom stereocenters. The van der Waals surface area contributed by atoms with Crippen LogP contribution in [0.15, 0.2) is 30.6 Å². The number of nitrogens with zero attached hydrogens (tertiary/aromatic N) is 2. The summed E-state index contributed by atoms with van der Waals surface area (Å²) in [6.45, 7) is 6.76. The number of aryl methyl sites for hydroxylation is 2. The van der Waals surface area contributed by atoms with E-state index in [1.165, 1.54) is 5.56 Å². The van der Waals surface area contributed by atoms with E-state index >= 15 is 0 Å². The molecule has 2 rings (SSSR count). The maximum absolute atomic E-state index is 9.98. The third-order valence-electron chi connectivity index (χ3n) is 3.22. The third-order valence-corrected chi connectivity index (χ3v) is 3.22. The summed E-state index contributed by atoms with van der Waals surface area (Å²) >= 11 is 0. The molecule has 0 saturated carbocycles. The van der Waals surface area contributed by atoms with Gasteiger partial charge in [0.15, 0.2) is 0 Å². The van der Waals surface area contributed by atoms with Crippen molar-refractivity contribution in [2.24, 2.45) is 0 Å². The lowest BCUT2D eigenvalue weighted by Crippen LogP contribution is -2.23. The fraction of sp³-hybridized carbons (Fsp3) is 0.400.